The molecule has 0 N–H and O–H groups in total. The van der Waals surface area contributed by atoms with Gasteiger partial charge in [0.15, 0.2) is 17.1 Å². The second-order valence-corrected chi connectivity index (χ2v) is 8.96. The molecular weight excluding hydrogens is 492 g/mol. The van der Waals surface area contributed by atoms with Gasteiger partial charge in [-0.15, -0.1) is 0 Å². The zero-order valence-electron chi connectivity index (χ0n) is 25.3. The molecule has 0 radical (unpaired) electrons. The van der Waals surface area contributed by atoms with Crippen LogP contribution in [-0.2, 0) is 10.8 Å². The number of aryl methyl sites for hydroxylation is 1. The van der Waals surface area contributed by atoms with E-state index in [4.69, 9.17) is 18.4 Å². The molecule has 3 aromatic carbocycles. The second kappa shape index (κ2) is 21.3. The van der Waals surface area contributed by atoms with E-state index in [9.17, 15) is 0 Å². The number of benzene rings is 3. The molecule has 1 aliphatic heterocycles. The first-order chi connectivity index (χ1) is 18.5. The third kappa shape index (κ3) is 13.3. The Kier molecular flexibility index (Phi) is 19.8. The van der Waals surface area contributed by atoms with Crippen molar-refractivity contribution >= 4 is 12.0 Å². The number of fused-ring (bicyclic) bond motifs is 1. The van der Waals surface area contributed by atoms with Gasteiger partial charge in [0.1, 0.15) is 25.6 Å². The molecule has 0 spiro atoms. The maximum atomic E-state index is 6.18. The van der Waals surface area contributed by atoms with Crippen molar-refractivity contribution in [3.63, 3.8) is 0 Å². The average molecular weight is 543 g/mol. The van der Waals surface area contributed by atoms with Crippen molar-refractivity contribution < 1.29 is 18.4 Å². The maximum absolute atomic E-state index is 6.18. The van der Waals surface area contributed by atoms with Gasteiger partial charge in [0.05, 0.1) is 0 Å². The summed E-state index contributed by atoms with van der Waals surface area (Å²) in [5.41, 5.74) is 1.81. The van der Waals surface area contributed by atoms with Crippen molar-refractivity contribution in [2.75, 3.05) is 13.2 Å². The fourth-order valence-corrected chi connectivity index (χ4v) is 3.62. The zero-order valence-corrected chi connectivity index (χ0v) is 26.1. The van der Waals surface area contributed by atoms with E-state index in [1.165, 1.54) is 24.0 Å². The van der Waals surface area contributed by atoms with E-state index in [-0.39, 0.29) is 0 Å². The predicted octanol–water partition coefficient (Wildman–Crippen LogP) is 10.3. The molecule has 4 nitrogen and oxygen atoms in total. The van der Waals surface area contributed by atoms with Crippen molar-refractivity contribution in [1.82, 2.24) is 0 Å². The van der Waals surface area contributed by atoms with Crippen molar-refractivity contribution in [3.8, 4) is 17.2 Å². The van der Waals surface area contributed by atoms with Crippen LogP contribution in [0.1, 0.15) is 79.9 Å². The van der Waals surface area contributed by atoms with Crippen LogP contribution in [0.2, 0.25) is 0 Å². The summed E-state index contributed by atoms with van der Waals surface area (Å²) in [6, 6.07) is 24.0. The minimum Gasteiger partial charge on any atom is -0.489 e. The van der Waals surface area contributed by atoms with Crippen LogP contribution in [-0.4, -0.2) is 18.8 Å². The van der Waals surface area contributed by atoms with Crippen LogP contribution >= 0.6 is 12.0 Å². The lowest BCUT2D eigenvalue weighted by Crippen LogP contribution is -2.45. The van der Waals surface area contributed by atoms with E-state index in [0.717, 1.165) is 16.2 Å². The number of rotatable bonds is 7. The highest BCUT2D eigenvalue weighted by Gasteiger charge is 2.34. The summed E-state index contributed by atoms with van der Waals surface area (Å²) in [5.74, 6) is 2.15. The summed E-state index contributed by atoms with van der Waals surface area (Å²) in [5, 5.41) is 0. The Morgan fingerprint density at radius 1 is 0.816 bits per heavy atom. The first-order valence-corrected chi connectivity index (χ1v) is 14.7. The minimum atomic E-state index is -0.545. The molecule has 0 amide bonds. The van der Waals surface area contributed by atoms with Gasteiger partial charge in [-0.25, -0.2) is 0 Å². The van der Waals surface area contributed by atoms with Gasteiger partial charge in [-0.05, 0) is 43.7 Å². The van der Waals surface area contributed by atoms with E-state index in [1.54, 1.807) is 0 Å². The Labute approximate surface area is 237 Å². The fourth-order valence-electron chi connectivity index (χ4n) is 2.93. The fraction of sp³-hybridized carbons (Fsp3) is 0.455. The van der Waals surface area contributed by atoms with Gasteiger partial charge in [0.25, 0.3) is 0 Å². The molecule has 5 heteroatoms. The first-order valence-electron chi connectivity index (χ1n) is 14.0. The molecule has 38 heavy (non-hydrogen) atoms. The largest absolute Gasteiger partial charge is 0.489 e. The summed E-state index contributed by atoms with van der Waals surface area (Å²) in [4.78, 5) is 1.07. The molecule has 1 atom stereocenters. The Morgan fingerprint density at radius 3 is 2.03 bits per heavy atom. The Balaban J connectivity index is 0.00000137. The Bertz CT molecular complexity index is 960. The molecule has 212 valence electrons. The van der Waals surface area contributed by atoms with Gasteiger partial charge in [-0.1, -0.05) is 110 Å². The predicted molar refractivity (Wildman–Crippen MR) is 165 cm³/mol. The zero-order chi connectivity index (χ0) is 28.8. The monoisotopic (exact) mass is 542 g/mol. The molecule has 0 aromatic heterocycles. The smallest absolute Gasteiger partial charge is 0.165 e. The van der Waals surface area contributed by atoms with Crippen LogP contribution in [0.5, 0.6) is 17.2 Å². The molecule has 0 saturated carbocycles. The number of ether oxygens (including phenoxy) is 3. The SMILES string of the molecule is CC.CC.CC.CCC.Cc1ccc(SOCC2(C)COc3cc(OCc4ccccc4)ccc3O2)cc1. The van der Waals surface area contributed by atoms with Crippen LogP contribution in [0.4, 0.5) is 0 Å². The molecule has 3 aromatic rings. The average Bonchev–Trinajstić information content (AvgIpc) is 2.97. The van der Waals surface area contributed by atoms with Gasteiger partial charge < -0.3 is 18.4 Å². The number of hydrogen-bond donors (Lipinski definition) is 0. The molecule has 0 saturated heterocycles. The van der Waals surface area contributed by atoms with E-state index in [2.05, 4.69) is 32.9 Å². The topological polar surface area (TPSA) is 36.9 Å². The van der Waals surface area contributed by atoms with Crippen LogP contribution in [0.15, 0.2) is 77.7 Å². The third-order valence-corrected chi connectivity index (χ3v) is 5.29. The maximum Gasteiger partial charge on any atom is 0.165 e. The van der Waals surface area contributed by atoms with Crippen molar-refractivity contribution in [3.05, 3.63) is 83.9 Å². The van der Waals surface area contributed by atoms with Crippen LogP contribution < -0.4 is 14.2 Å². The summed E-state index contributed by atoms with van der Waals surface area (Å²) < 4.78 is 23.8. The third-order valence-electron chi connectivity index (χ3n) is 4.59. The highest BCUT2D eigenvalue weighted by molar-refractivity contribution is 7.94. The molecule has 0 bridgehead atoms. The summed E-state index contributed by atoms with van der Waals surface area (Å²) in [6.45, 7) is 21.7. The second-order valence-electron chi connectivity index (χ2n) is 8.09. The lowest BCUT2D eigenvalue weighted by atomic mass is 10.1. The van der Waals surface area contributed by atoms with Gasteiger partial charge in [0, 0.05) is 23.0 Å². The molecule has 1 aliphatic rings. The van der Waals surface area contributed by atoms with Crippen LogP contribution in [0.3, 0.4) is 0 Å². The number of hydrogen-bond acceptors (Lipinski definition) is 5. The van der Waals surface area contributed by atoms with E-state index in [0.29, 0.717) is 31.3 Å². The van der Waals surface area contributed by atoms with Crippen molar-refractivity contribution in [2.24, 2.45) is 0 Å². The minimum absolute atomic E-state index is 0.413. The molecule has 1 heterocycles. The molecule has 4 rings (SSSR count). The Hall–Kier alpha value is -2.63. The normalized spacial score (nSPS) is 14.5. The lowest BCUT2D eigenvalue weighted by Gasteiger charge is -2.35. The summed E-state index contributed by atoms with van der Waals surface area (Å²) in [6.07, 6.45) is 1.25. The molecular formula is C33H50O4S. The van der Waals surface area contributed by atoms with Crippen LogP contribution in [0.25, 0.3) is 0 Å². The van der Waals surface area contributed by atoms with E-state index >= 15 is 0 Å². The van der Waals surface area contributed by atoms with E-state index < -0.39 is 5.60 Å². The van der Waals surface area contributed by atoms with Gasteiger partial charge in [0.2, 0.25) is 0 Å². The molecule has 1 unspecified atom stereocenters. The Morgan fingerprint density at radius 2 is 1.42 bits per heavy atom. The van der Waals surface area contributed by atoms with Gasteiger partial charge >= 0.3 is 0 Å². The highest BCUT2D eigenvalue weighted by atomic mass is 32.2. The van der Waals surface area contributed by atoms with Crippen LogP contribution in [0, 0.1) is 6.92 Å². The first kappa shape index (κ1) is 35.4. The van der Waals surface area contributed by atoms with E-state index in [1.807, 2.05) is 109 Å². The van der Waals surface area contributed by atoms with Gasteiger partial charge in [-0.3, -0.25) is 0 Å². The standard InChI is InChI=1S/C24H24O4S.C3H8.3C2H6/c1-18-8-11-21(12-9-18)29-27-17-24(2)16-26-23-14-20(10-13-22(23)28-24)25-15-19-6-4-3-5-7-19;1-3-2;3*1-2/h3-14H,15-17H2,1-2H3;3H2,1-2H3;3*1-2H3. The van der Waals surface area contributed by atoms with Gasteiger partial charge in [-0.2, -0.15) is 0 Å². The summed E-state index contributed by atoms with van der Waals surface area (Å²) >= 11 is 1.35. The van der Waals surface area contributed by atoms with Crippen molar-refractivity contribution in [1.29, 1.82) is 0 Å². The summed E-state index contributed by atoms with van der Waals surface area (Å²) in [7, 11) is 0. The highest BCUT2D eigenvalue weighted by Crippen LogP contribution is 2.38. The van der Waals surface area contributed by atoms with Crippen molar-refractivity contribution in [2.45, 2.75) is 92.8 Å². The molecule has 0 aliphatic carbocycles. The quantitative estimate of drug-likeness (QED) is 0.278. The lowest BCUT2D eigenvalue weighted by molar-refractivity contribution is -0.0221. The molecule has 0 fully saturated rings.